The number of rotatable bonds is 3. The Labute approximate surface area is 104 Å². The second-order valence-corrected chi connectivity index (χ2v) is 3.98. The maximum atomic E-state index is 10.6. The van der Waals surface area contributed by atoms with Gasteiger partial charge in [-0.3, -0.25) is 10.1 Å². The molecular formula is C12H12N2O4. The lowest BCUT2D eigenvalue weighted by atomic mass is 10.1. The van der Waals surface area contributed by atoms with Gasteiger partial charge in [-0.15, -0.1) is 0 Å². The molecule has 0 saturated carbocycles. The molecule has 0 bridgehead atoms. The highest BCUT2D eigenvalue weighted by molar-refractivity contribution is 5.50. The van der Waals surface area contributed by atoms with E-state index in [2.05, 4.69) is 0 Å². The molecule has 0 unspecified atom stereocenters. The van der Waals surface area contributed by atoms with E-state index >= 15 is 0 Å². The van der Waals surface area contributed by atoms with E-state index in [1.165, 1.54) is 18.2 Å². The molecule has 1 aromatic carbocycles. The van der Waals surface area contributed by atoms with Gasteiger partial charge in [-0.2, -0.15) is 5.26 Å². The van der Waals surface area contributed by atoms with Crippen molar-refractivity contribution in [1.82, 2.24) is 0 Å². The lowest BCUT2D eigenvalue weighted by Gasteiger charge is -2.23. The van der Waals surface area contributed by atoms with Crippen LogP contribution in [0, 0.1) is 21.4 Å². The van der Waals surface area contributed by atoms with Crippen molar-refractivity contribution in [3.8, 4) is 11.8 Å². The number of nitro benzene ring substituents is 1. The molecule has 1 heterocycles. The molecule has 1 aromatic rings. The van der Waals surface area contributed by atoms with Gasteiger partial charge >= 0.3 is 0 Å². The zero-order valence-corrected chi connectivity index (χ0v) is 9.67. The standard InChI is InChI=1S/C12H12N2O4/c13-8-9-7-10(14(15)16)1-2-12(9)18-11-3-5-17-6-4-11/h1-2,7,11H,3-6H2. The van der Waals surface area contributed by atoms with Gasteiger partial charge in [0.25, 0.3) is 5.69 Å². The second kappa shape index (κ2) is 5.47. The van der Waals surface area contributed by atoms with Crippen molar-refractivity contribution < 1.29 is 14.4 Å². The molecule has 6 nitrogen and oxygen atoms in total. The second-order valence-electron chi connectivity index (χ2n) is 3.98. The van der Waals surface area contributed by atoms with E-state index in [-0.39, 0.29) is 17.4 Å². The van der Waals surface area contributed by atoms with Gasteiger partial charge in [0.05, 0.1) is 18.1 Å². The van der Waals surface area contributed by atoms with Crippen LogP contribution in [0.2, 0.25) is 0 Å². The number of benzene rings is 1. The van der Waals surface area contributed by atoms with Gasteiger partial charge in [0.15, 0.2) is 0 Å². The van der Waals surface area contributed by atoms with E-state index in [0.717, 1.165) is 12.8 Å². The molecule has 0 N–H and O–H groups in total. The number of nitro groups is 1. The van der Waals surface area contributed by atoms with E-state index in [0.29, 0.717) is 19.0 Å². The van der Waals surface area contributed by atoms with Crippen molar-refractivity contribution in [3.63, 3.8) is 0 Å². The van der Waals surface area contributed by atoms with Crippen molar-refractivity contribution in [1.29, 1.82) is 5.26 Å². The average molecular weight is 248 g/mol. The molecule has 0 aliphatic carbocycles. The summed E-state index contributed by atoms with van der Waals surface area (Å²) in [5, 5.41) is 19.6. The van der Waals surface area contributed by atoms with Crippen molar-refractivity contribution in [3.05, 3.63) is 33.9 Å². The topological polar surface area (TPSA) is 85.4 Å². The monoisotopic (exact) mass is 248 g/mol. The smallest absolute Gasteiger partial charge is 0.271 e. The molecule has 1 fully saturated rings. The van der Waals surface area contributed by atoms with Gasteiger partial charge in [-0.25, -0.2) is 0 Å². The minimum absolute atomic E-state index is 0.00676. The van der Waals surface area contributed by atoms with Crippen LogP contribution in [-0.4, -0.2) is 24.2 Å². The molecule has 1 aliphatic rings. The van der Waals surface area contributed by atoms with Crippen LogP contribution in [0.25, 0.3) is 0 Å². The van der Waals surface area contributed by atoms with Gasteiger partial charge in [0.2, 0.25) is 0 Å². The summed E-state index contributed by atoms with van der Waals surface area (Å²) in [7, 11) is 0. The minimum Gasteiger partial charge on any atom is -0.489 e. The summed E-state index contributed by atoms with van der Waals surface area (Å²) in [4.78, 5) is 10.1. The van der Waals surface area contributed by atoms with Gasteiger partial charge in [0, 0.05) is 25.0 Å². The summed E-state index contributed by atoms with van der Waals surface area (Å²) >= 11 is 0. The Balaban J connectivity index is 2.17. The first-order valence-corrected chi connectivity index (χ1v) is 5.63. The van der Waals surface area contributed by atoms with Gasteiger partial charge in [-0.05, 0) is 6.07 Å². The number of hydrogen-bond donors (Lipinski definition) is 0. The SMILES string of the molecule is N#Cc1cc([N+](=O)[O-])ccc1OC1CCOCC1. The normalized spacial score (nSPS) is 15.9. The van der Waals surface area contributed by atoms with Crippen LogP contribution in [0.5, 0.6) is 5.75 Å². The van der Waals surface area contributed by atoms with Crippen LogP contribution < -0.4 is 4.74 Å². The summed E-state index contributed by atoms with van der Waals surface area (Å²) in [5.41, 5.74) is 0.0848. The van der Waals surface area contributed by atoms with Crippen LogP contribution in [-0.2, 0) is 4.74 Å². The fourth-order valence-electron chi connectivity index (χ4n) is 1.80. The van der Waals surface area contributed by atoms with Crippen LogP contribution in [0.1, 0.15) is 18.4 Å². The van der Waals surface area contributed by atoms with Crippen molar-refractivity contribution in [2.75, 3.05) is 13.2 Å². The third-order valence-electron chi connectivity index (χ3n) is 2.76. The predicted octanol–water partition coefficient (Wildman–Crippen LogP) is 2.02. The summed E-state index contributed by atoms with van der Waals surface area (Å²) < 4.78 is 10.9. The first kappa shape index (κ1) is 12.3. The first-order chi connectivity index (χ1) is 8.70. The third-order valence-corrected chi connectivity index (χ3v) is 2.76. The molecule has 0 amide bonds. The highest BCUT2D eigenvalue weighted by Gasteiger charge is 2.18. The molecule has 18 heavy (non-hydrogen) atoms. The quantitative estimate of drug-likeness (QED) is 0.603. The van der Waals surface area contributed by atoms with Crippen LogP contribution in [0.3, 0.4) is 0 Å². The van der Waals surface area contributed by atoms with Gasteiger partial charge in [-0.1, -0.05) is 0 Å². The molecule has 6 heteroatoms. The Bertz CT molecular complexity index is 489. The first-order valence-electron chi connectivity index (χ1n) is 5.63. The minimum atomic E-state index is -0.529. The highest BCUT2D eigenvalue weighted by atomic mass is 16.6. The number of hydrogen-bond acceptors (Lipinski definition) is 5. The number of non-ortho nitro benzene ring substituents is 1. The Morgan fingerprint density at radius 2 is 2.17 bits per heavy atom. The molecule has 94 valence electrons. The Morgan fingerprint density at radius 3 is 2.78 bits per heavy atom. The van der Waals surface area contributed by atoms with Crippen LogP contribution >= 0.6 is 0 Å². The molecule has 0 spiro atoms. The number of nitrogens with zero attached hydrogens (tertiary/aromatic N) is 2. The molecular weight excluding hydrogens is 236 g/mol. The zero-order valence-electron chi connectivity index (χ0n) is 9.67. The number of nitriles is 1. The van der Waals surface area contributed by atoms with Crippen LogP contribution in [0.4, 0.5) is 5.69 Å². The number of ether oxygens (including phenoxy) is 2. The lowest BCUT2D eigenvalue weighted by Crippen LogP contribution is -2.26. The average Bonchev–Trinajstić information content (AvgIpc) is 2.40. The third kappa shape index (κ3) is 2.76. The van der Waals surface area contributed by atoms with Gasteiger partial charge in [0.1, 0.15) is 23.5 Å². The van der Waals surface area contributed by atoms with E-state index in [1.807, 2.05) is 6.07 Å². The summed E-state index contributed by atoms with van der Waals surface area (Å²) in [5.74, 6) is 0.398. The van der Waals surface area contributed by atoms with Gasteiger partial charge < -0.3 is 9.47 Å². The van der Waals surface area contributed by atoms with Crippen LogP contribution in [0.15, 0.2) is 18.2 Å². The van der Waals surface area contributed by atoms with E-state index in [9.17, 15) is 10.1 Å². The lowest BCUT2D eigenvalue weighted by molar-refractivity contribution is -0.384. The fraction of sp³-hybridized carbons (Fsp3) is 0.417. The zero-order chi connectivity index (χ0) is 13.0. The Kier molecular flexibility index (Phi) is 3.75. The largest absolute Gasteiger partial charge is 0.489 e. The molecule has 0 atom stereocenters. The van der Waals surface area contributed by atoms with E-state index in [4.69, 9.17) is 14.7 Å². The Morgan fingerprint density at radius 1 is 1.44 bits per heavy atom. The van der Waals surface area contributed by atoms with Crippen molar-refractivity contribution >= 4 is 5.69 Å². The van der Waals surface area contributed by atoms with E-state index < -0.39 is 4.92 Å². The molecule has 1 aliphatic heterocycles. The molecule has 1 saturated heterocycles. The highest BCUT2D eigenvalue weighted by Crippen LogP contribution is 2.26. The molecule has 2 rings (SSSR count). The maximum Gasteiger partial charge on any atom is 0.271 e. The predicted molar refractivity (Wildman–Crippen MR) is 62.3 cm³/mol. The summed E-state index contributed by atoms with van der Waals surface area (Å²) in [6.07, 6.45) is 1.54. The maximum absolute atomic E-state index is 10.6. The summed E-state index contributed by atoms with van der Waals surface area (Å²) in [6.45, 7) is 1.28. The Hall–Kier alpha value is -2.13. The van der Waals surface area contributed by atoms with E-state index in [1.54, 1.807) is 0 Å². The fourth-order valence-corrected chi connectivity index (χ4v) is 1.80. The molecule has 0 radical (unpaired) electrons. The van der Waals surface area contributed by atoms with Crippen molar-refractivity contribution in [2.45, 2.75) is 18.9 Å². The summed E-state index contributed by atoms with van der Waals surface area (Å²) in [6, 6.07) is 5.97. The molecule has 0 aromatic heterocycles. The van der Waals surface area contributed by atoms with Crippen molar-refractivity contribution in [2.24, 2.45) is 0 Å².